The SMILES string of the molecule is O=C1[N-]C(=O)C2CCC12.[W]. The van der Waals surface area contributed by atoms with Crippen molar-refractivity contribution in [2.75, 3.05) is 0 Å². The van der Waals surface area contributed by atoms with Crippen molar-refractivity contribution < 1.29 is 30.7 Å². The normalized spacial score (nSPS) is 35.6. The fourth-order valence-corrected chi connectivity index (χ4v) is 1.37. The van der Waals surface area contributed by atoms with Crippen molar-refractivity contribution in [3.63, 3.8) is 0 Å². The number of amides is 2. The average molecular weight is 308 g/mol. The first-order valence-electron chi connectivity index (χ1n) is 3.08. The van der Waals surface area contributed by atoms with Gasteiger partial charge in [0.15, 0.2) is 0 Å². The first-order chi connectivity index (χ1) is 4.29. The summed E-state index contributed by atoms with van der Waals surface area (Å²) in [5.74, 6) is -0.400. The minimum absolute atomic E-state index is 0. The maximum atomic E-state index is 10.7. The van der Waals surface area contributed by atoms with E-state index in [1.54, 1.807) is 0 Å². The summed E-state index contributed by atoms with van der Waals surface area (Å²) in [6, 6.07) is 0. The van der Waals surface area contributed by atoms with Gasteiger partial charge in [-0.3, -0.25) is 0 Å². The molecule has 2 amide bonds. The summed E-state index contributed by atoms with van der Waals surface area (Å²) >= 11 is 0. The summed E-state index contributed by atoms with van der Waals surface area (Å²) in [4.78, 5) is 21.3. The quantitative estimate of drug-likeness (QED) is 0.610. The van der Waals surface area contributed by atoms with Gasteiger partial charge in [0.2, 0.25) is 0 Å². The van der Waals surface area contributed by atoms with Crippen LogP contribution in [-0.2, 0) is 30.7 Å². The van der Waals surface area contributed by atoms with Crippen LogP contribution < -0.4 is 0 Å². The number of fused-ring (bicyclic) bond motifs is 1. The molecule has 0 radical (unpaired) electrons. The molecule has 2 rings (SSSR count). The van der Waals surface area contributed by atoms with E-state index in [9.17, 15) is 9.59 Å². The third-order valence-corrected chi connectivity index (χ3v) is 2.13. The Labute approximate surface area is 72.8 Å². The molecule has 0 aromatic rings. The second-order valence-corrected chi connectivity index (χ2v) is 2.58. The van der Waals surface area contributed by atoms with Crippen LogP contribution in [0.25, 0.3) is 5.32 Å². The van der Waals surface area contributed by atoms with Crippen molar-refractivity contribution in [2.24, 2.45) is 11.8 Å². The summed E-state index contributed by atoms with van der Waals surface area (Å²) in [6.45, 7) is 0. The third-order valence-electron chi connectivity index (χ3n) is 2.13. The number of imide groups is 1. The Hall–Kier alpha value is -0.172. The van der Waals surface area contributed by atoms with Crippen LogP contribution in [0.4, 0.5) is 0 Å². The van der Waals surface area contributed by atoms with E-state index in [1.165, 1.54) is 0 Å². The number of nitrogens with zero attached hydrogens (tertiary/aromatic N) is 1. The van der Waals surface area contributed by atoms with Gasteiger partial charge in [-0.2, -0.15) is 0 Å². The first-order valence-corrected chi connectivity index (χ1v) is 3.08. The summed E-state index contributed by atoms with van der Waals surface area (Å²) in [6.07, 6.45) is 1.75. The fraction of sp³-hybridized carbons (Fsp3) is 0.667. The van der Waals surface area contributed by atoms with Crippen LogP contribution in [0.3, 0.4) is 0 Å². The maximum absolute atomic E-state index is 10.7. The molecule has 3 nitrogen and oxygen atoms in total. The number of hydrogen-bond donors (Lipinski definition) is 0. The van der Waals surface area contributed by atoms with Crippen molar-refractivity contribution in [1.29, 1.82) is 0 Å². The Kier molecular flexibility index (Phi) is 1.95. The molecule has 1 saturated carbocycles. The standard InChI is InChI=1S/C6H7NO2.W/c8-5-3-1-2-4(3)6(9)7-5;/h3-4H,1-2H2,(H,7,8,9);/p-1. The summed E-state index contributed by atoms with van der Waals surface area (Å²) < 4.78 is 0. The monoisotopic (exact) mass is 308 g/mol. The van der Waals surface area contributed by atoms with E-state index in [1.807, 2.05) is 0 Å². The summed E-state index contributed by atoms with van der Waals surface area (Å²) in [7, 11) is 0. The van der Waals surface area contributed by atoms with E-state index in [2.05, 4.69) is 5.32 Å². The van der Waals surface area contributed by atoms with Crippen LogP contribution in [0.15, 0.2) is 0 Å². The Balaban J connectivity index is 0.000000500. The molecule has 4 heteroatoms. The Morgan fingerprint density at radius 1 is 1.10 bits per heavy atom. The van der Waals surface area contributed by atoms with Crippen LogP contribution in [0.1, 0.15) is 12.8 Å². The molecule has 54 valence electrons. The molecule has 10 heavy (non-hydrogen) atoms. The van der Waals surface area contributed by atoms with Gasteiger partial charge in [-0.1, -0.05) is 0 Å². The Morgan fingerprint density at radius 2 is 1.50 bits per heavy atom. The topological polar surface area (TPSA) is 48.2 Å². The predicted octanol–water partition coefficient (Wildman–Crippen LogP) is 0.451. The Bertz CT molecular complexity index is 172. The van der Waals surface area contributed by atoms with Gasteiger partial charge in [0, 0.05) is 32.9 Å². The van der Waals surface area contributed by atoms with Gasteiger partial charge in [0.25, 0.3) is 0 Å². The molecule has 0 aromatic carbocycles. The van der Waals surface area contributed by atoms with Crippen LogP contribution in [0, 0.1) is 11.8 Å². The molecule has 1 heterocycles. The van der Waals surface area contributed by atoms with Crippen molar-refractivity contribution >= 4 is 11.8 Å². The minimum Gasteiger partial charge on any atom is -0.595 e. The van der Waals surface area contributed by atoms with Crippen LogP contribution in [0.2, 0.25) is 0 Å². The van der Waals surface area contributed by atoms with E-state index >= 15 is 0 Å². The van der Waals surface area contributed by atoms with E-state index in [4.69, 9.17) is 0 Å². The second kappa shape index (κ2) is 2.46. The molecule has 0 spiro atoms. The van der Waals surface area contributed by atoms with Gasteiger partial charge >= 0.3 is 0 Å². The molecule has 0 bridgehead atoms. The summed E-state index contributed by atoms with van der Waals surface area (Å²) in [5.41, 5.74) is 0. The number of hydrogen-bond acceptors (Lipinski definition) is 2. The van der Waals surface area contributed by atoms with E-state index in [-0.39, 0.29) is 44.7 Å². The van der Waals surface area contributed by atoms with Gasteiger partial charge in [-0.15, -0.1) is 0 Å². The fourth-order valence-electron chi connectivity index (χ4n) is 1.37. The van der Waals surface area contributed by atoms with Gasteiger partial charge in [0.1, 0.15) is 0 Å². The van der Waals surface area contributed by atoms with Crippen LogP contribution >= 0.6 is 0 Å². The van der Waals surface area contributed by atoms with Crippen molar-refractivity contribution in [3.8, 4) is 0 Å². The molecule has 2 fully saturated rings. The minimum atomic E-state index is -0.184. The van der Waals surface area contributed by atoms with Gasteiger partial charge in [-0.25, -0.2) is 0 Å². The van der Waals surface area contributed by atoms with Gasteiger partial charge in [-0.05, 0) is 12.8 Å². The van der Waals surface area contributed by atoms with Crippen molar-refractivity contribution in [3.05, 3.63) is 5.32 Å². The second-order valence-electron chi connectivity index (χ2n) is 2.58. The van der Waals surface area contributed by atoms with Gasteiger partial charge in [0.05, 0.1) is 11.8 Å². The number of carbonyl (C=O) groups is 2. The summed E-state index contributed by atoms with van der Waals surface area (Å²) in [5, 5.41) is 3.34. The number of carbonyl (C=O) groups excluding carboxylic acids is 2. The average Bonchev–Trinajstić information content (AvgIpc) is 1.73. The zero-order valence-electron chi connectivity index (χ0n) is 5.24. The largest absolute Gasteiger partial charge is 0.595 e. The molecule has 1 aliphatic carbocycles. The predicted molar refractivity (Wildman–Crippen MR) is 29.6 cm³/mol. The van der Waals surface area contributed by atoms with E-state index < -0.39 is 0 Å². The zero-order valence-corrected chi connectivity index (χ0v) is 8.17. The van der Waals surface area contributed by atoms with Crippen molar-refractivity contribution in [1.82, 2.24) is 0 Å². The molecule has 1 aliphatic heterocycles. The molecular formula is C6H6NO2W-. The molecule has 2 aliphatic rings. The first kappa shape index (κ1) is 7.93. The third kappa shape index (κ3) is 0.841. The van der Waals surface area contributed by atoms with Crippen LogP contribution in [0.5, 0.6) is 0 Å². The zero-order chi connectivity index (χ0) is 6.43. The number of rotatable bonds is 0. The smallest absolute Gasteiger partial charge is 0.0603 e. The van der Waals surface area contributed by atoms with E-state index in [0.29, 0.717) is 0 Å². The molecule has 0 aromatic heterocycles. The molecule has 2 atom stereocenters. The molecule has 1 saturated heterocycles. The molecule has 0 N–H and O–H groups in total. The maximum Gasteiger partial charge on any atom is 0.0603 e. The van der Waals surface area contributed by atoms with Crippen molar-refractivity contribution in [2.45, 2.75) is 12.8 Å². The van der Waals surface area contributed by atoms with Crippen LogP contribution in [-0.4, -0.2) is 11.8 Å². The Morgan fingerprint density at radius 3 is 1.70 bits per heavy atom. The van der Waals surface area contributed by atoms with E-state index in [0.717, 1.165) is 12.8 Å². The van der Waals surface area contributed by atoms with Gasteiger partial charge < -0.3 is 14.9 Å². The molecule has 2 unspecified atom stereocenters. The molecular weight excluding hydrogens is 302 g/mol.